The number of carboxylic acids is 1. The molecule has 0 aromatic heterocycles. The van der Waals surface area contributed by atoms with E-state index in [1.54, 1.807) is 0 Å². The van der Waals surface area contributed by atoms with Crippen LogP contribution in [0, 0.1) is 5.92 Å². The van der Waals surface area contributed by atoms with Gasteiger partial charge in [0.2, 0.25) is 0 Å². The molecule has 1 saturated carbocycles. The second-order valence-corrected chi connectivity index (χ2v) is 7.00. The molecule has 0 heterocycles. The number of aliphatic hydroxyl groups excluding tert-OH is 1. The fraction of sp³-hybridized carbons (Fsp3) is 0.750. The van der Waals surface area contributed by atoms with E-state index in [1.807, 2.05) is 6.08 Å². The van der Waals surface area contributed by atoms with Crippen LogP contribution >= 0.6 is 0 Å². The van der Waals surface area contributed by atoms with Gasteiger partial charge in [0, 0.05) is 18.0 Å². The molecule has 2 atom stereocenters. The first-order valence-electron chi connectivity index (χ1n) is 9.59. The topological polar surface area (TPSA) is 83.5 Å². The van der Waals surface area contributed by atoms with Crippen molar-refractivity contribution in [2.75, 3.05) is 0 Å². The maximum absolute atomic E-state index is 10.5. The first kappa shape index (κ1) is 20.8. The maximum Gasteiger partial charge on any atom is 0.303 e. The Hall–Kier alpha value is -1.29. The zero-order valence-corrected chi connectivity index (χ0v) is 15.2. The van der Waals surface area contributed by atoms with Gasteiger partial charge in [0.1, 0.15) is 0 Å². The smallest absolute Gasteiger partial charge is 0.303 e. The second kappa shape index (κ2) is 12.1. The van der Waals surface area contributed by atoms with E-state index in [0.29, 0.717) is 0 Å². The fourth-order valence-electron chi connectivity index (χ4n) is 3.40. The summed E-state index contributed by atoms with van der Waals surface area (Å²) in [5.41, 5.74) is 8.32. The predicted molar refractivity (Wildman–Crippen MR) is 98.6 cm³/mol. The predicted octanol–water partition coefficient (Wildman–Crippen LogP) is 4.53. The highest BCUT2D eigenvalue weighted by atomic mass is 16.4. The van der Waals surface area contributed by atoms with Crippen LogP contribution in [0.1, 0.15) is 84.0 Å². The van der Waals surface area contributed by atoms with Gasteiger partial charge in [-0.15, -0.1) is 0 Å². The van der Waals surface area contributed by atoms with E-state index in [-0.39, 0.29) is 18.4 Å². The Balaban J connectivity index is 2.36. The van der Waals surface area contributed by atoms with Gasteiger partial charge in [0.05, 0.1) is 6.10 Å². The second-order valence-electron chi connectivity index (χ2n) is 7.00. The first-order chi connectivity index (χ1) is 11.5. The number of unbranched alkanes of at least 4 members (excludes halogenated alkanes) is 5. The lowest BCUT2D eigenvalue weighted by Crippen LogP contribution is -2.14. The molecule has 0 aliphatic heterocycles. The van der Waals surface area contributed by atoms with Crippen LogP contribution in [0.3, 0.4) is 0 Å². The molecule has 0 aromatic carbocycles. The van der Waals surface area contributed by atoms with Crippen LogP contribution in [0.4, 0.5) is 0 Å². The van der Waals surface area contributed by atoms with Crippen LogP contribution in [0.15, 0.2) is 23.4 Å². The highest BCUT2D eigenvalue weighted by Crippen LogP contribution is 2.35. The summed E-state index contributed by atoms with van der Waals surface area (Å²) in [5.74, 6) is -0.459. The lowest BCUT2D eigenvalue weighted by atomic mass is 9.93. The van der Waals surface area contributed by atoms with Gasteiger partial charge in [-0.1, -0.05) is 50.7 Å². The third-order valence-electron chi connectivity index (χ3n) is 4.91. The molecule has 1 aliphatic rings. The van der Waals surface area contributed by atoms with E-state index in [1.165, 1.54) is 18.4 Å². The third-order valence-corrected chi connectivity index (χ3v) is 4.91. The van der Waals surface area contributed by atoms with Gasteiger partial charge < -0.3 is 15.9 Å². The zero-order chi connectivity index (χ0) is 17.8. The molecule has 0 saturated heterocycles. The molecule has 1 fully saturated rings. The van der Waals surface area contributed by atoms with E-state index in [0.717, 1.165) is 63.5 Å². The summed E-state index contributed by atoms with van der Waals surface area (Å²) in [4.78, 5) is 10.5. The Bertz CT molecular complexity index is 429. The van der Waals surface area contributed by atoms with Crippen molar-refractivity contribution in [2.24, 2.45) is 11.7 Å². The molecule has 24 heavy (non-hydrogen) atoms. The molecular formula is C20H35NO3. The number of hydrogen-bond donors (Lipinski definition) is 3. The molecule has 4 heteroatoms. The number of hydrogen-bond acceptors (Lipinski definition) is 3. The van der Waals surface area contributed by atoms with Crippen molar-refractivity contribution < 1.29 is 15.0 Å². The minimum absolute atomic E-state index is 0.231. The van der Waals surface area contributed by atoms with Gasteiger partial charge in [0.15, 0.2) is 0 Å². The van der Waals surface area contributed by atoms with E-state index in [2.05, 4.69) is 13.0 Å². The number of carboxylic acid groups (broad SMARTS) is 1. The normalized spacial score (nSPS) is 23.1. The van der Waals surface area contributed by atoms with Crippen molar-refractivity contribution in [2.45, 2.75) is 90.1 Å². The molecule has 1 rings (SSSR count). The lowest BCUT2D eigenvalue weighted by molar-refractivity contribution is -0.137. The van der Waals surface area contributed by atoms with Crippen LogP contribution in [0.25, 0.3) is 0 Å². The molecule has 1 unspecified atom stereocenters. The molecule has 0 spiro atoms. The summed E-state index contributed by atoms with van der Waals surface area (Å²) < 4.78 is 0. The number of aliphatic carboxylic acids is 1. The molecule has 0 radical (unpaired) electrons. The van der Waals surface area contributed by atoms with Crippen molar-refractivity contribution >= 4 is 5.97 Å². The quantitative estimate of drug-likeness (QED) is 0.457. The van der Waals surface area contributed by atoms with E-state index < -0.39 is 5.97 Å². The summed E-state index contributed by atoms with van der Waals surface area (Å²) in [6.07, 6.45) is 15.3. The number of nitrogens with two attached hydrogens (primary N) is 1. The van der Waals surface area contributed by atoms with Crippen LogP contribution < -0.4 is 5.73 Å². The standard InChI is InChI=1S/C20H35NO3/c1-2-3-6-9-17(21)14-12-16-13-15-19(22)18(16)10-7-4-5-8-11-20(23)24/h12,14,18-19,22H,2-11,13,15,21H2,1H3,(H,23,24)/t18-,19?/m1/s1. The number of aliphatic hydroxyl groups is 1. The molecular weight excluding hydrogens is 302 g/mol. The van der Waals surface area contributed by atoms with Crippen molar-refractivity contribution in [1.82, 2.24) is 0 Å². The van der Waals surface area contributed by atoms with Crippen molar-refractivity contribution in [3.63, 3.8) is 0 Å². The van der Waals surface area contributed by atoms with Crippen molar-refractivity contribution in [3.8, 4) is 0 Å². The Morgan fingerprint density at radius 2 is 1.88 bits per heavy atom. The summed E-state index contributed by atoms with van der Waals surface area (Å²) >= 11 is 0. The van der Waals surface area contributed by atoms with Crippen LogP contribution in [0.5, 0.6) is 0 Å². The van der Waals surface area contributed by atoms with Gasteiger partial charge in [-0.05, 0) is 44.6 Å². The number of carbonyl (C=O) groups is 1. The Kier molecular flexibility index (Phi) is 10.5. The Morgan fingerprint density at radius 1 is 1.17 bits per heavy atom. The zero-order valence-electron chi connectivity index (χ0n) is 15.2. The molecule has 0 bridgehead atoms. The monoisotopic (exact) mass is 337 g/mol. The molecule has 138 valence electrons. The van der Waals surface area contributed by atoms with Crippen molar-refractivity contribution in [1.29, 1.82) is 0 Å². The summed E-state index contributed by atoms with van der Waals surface area (Å²) in [6.45, 7) is 2.19. The average Bonchev–Trinajstić information content (AvgIpc) is 2.89. The SMILES string of the molecule is CCCCCC(N)=CC=C1CCC(O)[C@@H]1CCCCCCC(=O)O. The van der Waals surface area contributed by atoms with E-state index >= 15 is 0 Å². The Labute approximate surface area is 146 Å². The van der Waals surface area contributed by atoms with Gasteiger partial charge in [-0.25, -0.2) is 0 Å². The van der Waals surface area contributed by atoms with Crippen LogP contribution in [-0.2, 0) is 4.79 Å². The summed E-state index contributed by atoms with van der Waals surface area (Å²) in [7, 11) is 0. The van der Waals surface area contributed by atoms with E-state index in [4.69, 9.17) is 10.8 Å². The maximum atomic E-state index is 10.5. The molecule has 0 aromatic rings. The largest absolute Gasteiger partial charge is 0.481 e. The minimum Gasteiger partial charge on any atom is -0.481 e. The minimum atomic E-state index is -0.713. The summed E-state index contributed by atoms with van der Waals surface area (Å²) in [6, 6.07) is 0. The lowest BCUT2D eigenvalue weighted by Gasteiger charge is -2.16. The molecule has 4 nitrogen and oxygen atoms in total. The van der Waals surface area contributed by atoms with Crippen LogP contribution in [0.2, 0.25) is 0 Å². The highest BCUT2D eigenvalue weighted by molar-refractivity contribution is 5.66. The number of allylic oxidation sites excluding steroid dienone is 3. The third kappa shape index (κ3) is 8.53. The van der Waals surface area contributed by atoms with Gasteiger partial charge >= 0.3 is 5.97 Å². The number of rotatable bonds is 12. The summed E-state index contributed by atoms with van der Waals surface area (Å²) in [5, 5.41) is 18.8. The molecule has 4 N–H and O–H groups in total. The van der Waals surface area contributed by atoms with Crippen LogP contribution in [-0.4, -0.2) is 22.3 Å². The molecule has 0 amide bonds. The molecule has 1 aliphatic carbocycles. The Morgan fingerprint density at radius 3 is 2.58 bits per heavy atom. The van der Waals surface area contributed by atoms with E-state index in [9.17, 15) is 9.90 Å². The van der Waals surface area contributed by atoms with Gasteiger partial charge in [-0.2, -0.15) is 0 Å². The first-order valence-corrected chi connectivity index (χ1v) is 9.59. The van der Waals surface area contributed by atoms with Gasteiger partial charge in [0.25, 0.3) is 0 Å². The fourth-order valence-corrected chi connectivity index (χ4v) is 3.40. The average molecular weight is 338 g/mol. The highest BCUT2D eigenvalue weighted by Gasteiger charge is 2.28. The van der Waals surface area contributed by atoms with Crippen molar-refractivity contribution in [3.05, 3.63) is 23.4 Å². The van der Waals surface area contributed by atoms with Gasteiger partial charge in [-0.3, -0.25) is 4.79 Å².